The molecule has 1 fully saturated rings. The maximum absolute atomic E-state index is 5.52. The first kappa shape index (κ1) is 11.2. The average molecular weight is 204 g/mol. The Morgan fingerprint density at radius 1 is 0.923 bits per heavy atom. The highest BCUT2D eigenvalue weighted by atomic mass is 28.4. The van der Waals surface area contributed by atoms with Crippen LogP contribution in [-0.4, -0.2) is 30.1 Å². The van der Waals surface area contributed by atoms with Crippen molar-refractivity contribution >= 4 is 8.80 Å². The molecule has 0 aromatic rings. The van der Waals surface area contributed by atoms with Crippen LogP contribution < -0.4 is 0 Å². The maximum atomic E-state index is 5.52. The van der Waals surface area contributed by atoms with E-state index in [1.807, 2.05) is 0 Å². The molecular formula is C9H20O3Si. The van der Waals surface area contributed by atoms with Crippen LogP contribution in [-0.2, 0) is 13.3 Å². The standard InChI is InChI=1S/C9H20O3Si/c1-9(7-5-6-8-9)13(10-2,11-3)12-4/h5-8H2,1-4H3. The van der Waals surface area contributed by atoms with Crippen LogP contribution in [0.2, 0.25) is 5.04 Å². The summed E-state index contributed by atoms with van der Waals surface area (Å²) in [6.45, 7) is 2.22. The lowest BCUT2D eigenvalue weighted by molar-refractivity contribution is 0.0927. The second-order valence-electron chi connectivity index (χ2n) is 3.94. The van der Waals surface area contributed by atoms with Crippen molar-refractivity contribution in [3.8, 4) is 0 Å². The van der Waals surface area contributed by atoms with Crippen molar-refractivity contribution in [3.05, 3.63) is 0 Å². The molecule has 0 atom stereocenters. The largest absolute Gasteiger partial charge is 0.506 e. The third-order valence-corrected chi connectivity index (χ3v) is 6.84. The fraction of sp³-hybridized carbons (Fsp3) is 1.00. The van der Waals surface area contributed by atoms with Crippen LogP contribution in [0.25, 0.3) is 0 Å². The zero-order valence-electron chi connectivity index (χ0n) is 9.05. The Morgan fingerprint density at radius 2 is 1.31 bits per heavy atom. The van der Waals surface area contributed by atoms with Gasteiger partial charge in [0.05, 0.1) is 0 Å². The molecule has 0 bridgehead atoms. The third kappa shape index (κ3) is 1.68. The van der Waals surface area contributed by atoms with Crippen molar-refractivity contribution in [1.82, 2.24) is 0 Å². The Bertz CT molecular complexity index is 154. The van der Waals surface area contributed by atoms with Crippen LogP contribution in [0.15, 0.2) is 0 Å². The lowest BCUT2D eigenvalue weighted by Crippen LogP contribution is -2.52. The highest BCUT2D eigenvalue weighted by Gasteiger charge is 2.57. The van der Waals surface area contributed by atoms with E-state index in [0.29, 0.717) is 0 Å². The predicted octanol–water partition coefficient (Wildman–Crippen LogP) is 2.20. The van der Waals surface area contributed by atoms with Crippen LogP contribution in [0.4, 0.5) is 0 Å². The Hall–Kier alpha value is 0.0969. The van der Waals surface area contributed by atoms with E-state index in [4.69, 9.17) is 13.3 Å². The van der Waals surface area contributed by atoms with Gasteiger partial charge in [0.25, 0.3) is 0 Å². The fourth-order valence-corrected chi connectivity index (χ4v) is 5.40. The van der Waals surface area contributed by atoms with E-state index in [0.717, 1.165) is 12.8 Å². The summed E-state index contributed by atoms with van der Waals surface area (Å²) in [5.74, 6) is 0. The topological polar surface area (TPSA) is 27.7 Å². The van der Waals surface area contributed by atoms with Gasteiger partial charge in [-0.3, -0.25) is 0 Å². The molecule has 0 spiro atoms. The highest BCUT2D eigenvalue weighted by Crippen LogP contribution is 2.52. The molecule has 0 aromatic carbocycles. The summed E-state index contributed by atoms with van der Waals surface area (Å²) in [4.78, 5) is 0. The summed E-state index contributed by atoms with van der Waals surface area (Å²) in [6, 6.07) is 0. The Labute approximate surface area is 81.7 Å². The molecule has 0 radical (unpaired) electrons. The van der Waals surface area contributed by atoms with Crippen molar-refractivity contribution < 1.29 is 13.3 Å². The van der Waals surface area contributed by atoms with Gasteiger partial charge in [0.15, 0.2) is 0 Å². The van der Waals surface area contributed by atoms with Crippen LogP contribution in [0.5, 0.6) is 0 Å². The smallest absolute Gasteiger partial charge is 0.377 e. The van der Waals surface area contributed by atoms with Gasteiger partial charge in [-0.2, -0.15) is 0 Å². The van der Waals surface area contributed by atoms with Gasteiger partial charge in [0.2, 0.25) is 0 Å². The minimum atomic E-state index is -2.41. The molecule has 1 aliphatic carbocycles. The van der Waals surface area contributed by atoms with Crippen LogP contribution in [0.1, 0.15) is 32.6 Å². The first-order valence-corrected chi connectivity index (χ1v) is 6.52. The molecule has 0 heterocycles. The van der Waals surface area contributed by atoms with Crippen molar-refractivity contribution in [2.45, 2.75) is 37.6 Å². The molecule has 1 saturated carbocycles. The first-order valence-electron chi connectivity index (χ1n) is 4.79. The zero-order valence-corrected chi connectivity index (χ0v) is 10.1. The van der Waals surface area contributed by atoms with Gasteiger partial charge in [0.1, 0.15) is 0 Å². The van der Waals surface area contributed by atoms with E-state index < -0.39 is 8.80 Å². The quantitative estimate of drug-likeness (QED) is 0.657. The molecule has 13 heavy (non-hydrogen) atoms. The van der Waals surface area contributed by atoms with Gasteiger partial charge in [-0.15, -0.1) is 0 Å². The van der Waals surface area contributed by atoms with E-state index >= 15 is 0 Å². The Balaban J connectivity index is 2.84. The van der Waals surface area contributed by atoms with Gasteiger partial charge in [-0.1, -0.05) is 19.8 Å². The molecule has 0 aromatic heterocycles. The van der Waals surface area contributed by atoms with Crippen molar-refractivity contribution in [2.24, 2.45) is 0 Å². The Kier molecular flexibility index (Phi) is 3.51. The minimum Gasteiger partial charge on any atom is -0.377 e. The van der Waals surface area contributed by atoms with E-state index in [1.54, 1.807) is 21.3 Å². The number of rotatable bonds is 4. The summed E-state index contributed by atoms with van der Waals surface area (Å²) in [7, 11) is 2.68. The van der Waals surface area contributed by atoms with E-state index in [9.17, 15) is 0 Å². The summed E-state index contributed by atoms with van der Waals surface area (Å²) in [5.41, 5.74) is 0. The lowest BCUT2D eigenvalue weighted by Gasteiger charge is -2.38. The van der Waals surface area contributed by atoms with Gasteiger partial charge < -0.3 is 13.3 Å². The second kappa shape index (κ2) is 4.08. The molecule has 3 nitrogen and oxygen atoms in total. The SMILES string of the molecule is CO[Si](OC)(OC)C1(C)CCCC1. The summed E-state index contributed by atoms with van der Waals surface area (Å²) in [6.07, 6.45) is 4.85. The third-order valence-electron chi connectivity index (χ3n) is 3.25. The summed E-state index contributed by atoms with van der Waals surface area (Å²) < 4.78 is 16.6. The highest BCUT2D eigenvalue weighted by molar-refractivity contribution is 6.64. The average Bonchev–Trinajstić information content (AvgIpc) is 2.57. The monoisotopic (exact) mass is 204 g/mol. The minimum absolute atomic E-state index is 0.130. The molecule has 0 amide bonds. The van der Waals surface area contributed by atoms with Crippen LogP contribution >= 0.6 is 0 Å². The van der Waals surface area contributed by atoms with Crippen molar-refractivity contribution in [3.63, 3.8) is 0 Å². The maximum Gasteiger partial charge on any atom is 0.506 e. The van der Waals surface area contributed by atoms with Gasteiger partial charge >= 0.3 is 8.80 Å². The van der Waals surface area contributed by atoms with Crippen molar-refractivity contribution in [2.75, 3.05) is 21.3 Å². The zero-order chi connectivity index (χ0) is 9.95. The van der Waals surface area contributed by atoms with Crippen LogP contribution in [0.3, 0.4) is 0 Å². The number of hydrogen-bond acceptors (Lipinski definition) is 3. The van der Waals surface area contributed by atoms with E-state index in [-0.39, 0.29) is 5.04 Å². The Morgan fingerprint density at radius 3 is 1.62 bits per heavy atom. The molecule has 1 rings (SSSR count). The molecule has 0 saturated heterocycles. The predicted molar refractivity (Wildman–Crippen MR) is 53.6 cm³/mol. The molecule has 4 heteroatoms. The molecule has 0 aliphatic heterocycles. The fourth-order valence-electron chi connectivity index (χ4n) is 2.45. The molecule has 78 valence electrons. The normalized spacial score (nSPS) is 22.2. The number of hydrogen-bond donors (Lipinski definition) is 0. The molecular weight excluding hydrogens is 184 g/mol. The van der Waals surface area contributed by atoms with E-state index in [2.05, 4.69) is 6.92 Å². The second-order valence-corrected chi connectivity index (χ2v) is 7.48. The molecule has 0 unspecified atom stereocenters. The van der Waals surface area contributed by atoms with E-state index in [1.165, 1.54) is 12.8 Å². The van der Waals surface area contributed by atoms with Crippen molar-refractivity contribution in [1.29, 1.82) is 0 Å². The van der Waals surface area contributed by atoms with Gasteiger partial charge in [0, 0.05) is 26.4 Å². The summed E-state index contributed by atoms with van der Waals surface area (Å²) >= 11 is 0. The summed E-state index contributed by atoms with van der Waals surface area (Å²) in [5, 5.41) is 0.130. The first-order chi connectivity index (χ1) is 6.14. The molecule has 0 N–H and O–H groups in total. The van der Waals surface area contributed by atoms with Gasteiger partial charge in [-0.05, 0) is 12.8 Å². The van der Waals surface area contributed by atoms with Gasteiger partial charge in [-0.25, -0.2) is 0 Å². The molecule has 1 aliphatic rings. The lowest BCUT2D eigenvalue weighted by atomic mass is 10.1. The van der Waals surface area contributed by atoms with Crippen LogP contribution in [0, 0.1) is 0 Å².